The van der Waals surface area contributed by atoms with Gasteiger partial charge in [-0.2, -0.15) is 0 Å². The van der Waals surface area contributed by atoms with Gasteiger partial charge in [-0.3, -0.25) is 0 Å². The Labute approximate surface area is 89.6 Å². The third-order valence-electron chi connectivity index (χ3n) is 1.30. The van der Waals surface area contributed by atoms with Crippen LogP contribution >= 0.6 is 0 Å². The van der Waals surface area contributed by atoms with Crippen molar-refractivity contribution in [1.82, 2.24) is 0 Å². The van der Waals surface area contributed by atoms with Gasteiger partial charge in [0.15, 0.2) is 0 Å². The summed E-state index contributed by atoms with van der Waals surface area (Å²) in [5.74, 6) is 0. The van der Waals surface area contributed by atoms with Crippen LogP contribution in [0.25, 0.3) is 0 Å². The maximum atomic E-state index is 8.69. The molecule has 0 aromatic heterocycles. The number of rotatable bonds is 4. The number of aliphatic hydroxyl groups is 2. The fourth-order valence-electron chi connectivity index (χ4n) is 0.575. The fourth-order valence-corrected chi connectivity index (χ4v) is 0.575. The van der Waals surface area contributed by atoms with E-state index >= 15 is 0 Å². The Kier molecular flexibility index (Phi) is 8.85. The zero-order valence-electron chi connectivity index (χ0n) is 9.00. The van der Waals surface area contributed by atoms with Crippen LogP contribution in [0.4, 0.5) is 0 Å². The van der Waals surface area contributed by atoms with E-state index in [2.05, 4.69) is 9.47 Å². The lowest BCUT2D eigenvalue weighted by atomic mass is 10.4. The zero-order chi connectivity index (χ0) is 11.5. The van der Waals surface area contributed by atoms with E-state index in [1.807, 2.05) is 0 Å². The lowest BCUT2D eigenvalue weighted by Gasteiger charge is -2.10. The molecule has 0 aromatic rings. The molecule has 1 heterocycles. The van der Waals surface area contributed by atoms with E-state index < -0.39 is 6.10 Å². The highest BCUT2D eigenvalue weighted by molar-refractivity contribution is 4.77. The second kappa shape index (κ2) is 9.51. The van der Waals surface area contributed by atoms with Crippen molar-refractivity contribution in [3.63, 3.8) is 0 Å². The van der Waals surface area contributed by atoms with Crippen LogP contribution in [0, 0.1) is 0 Å². The molecule has 1 rings (SSSR count). The predicted molar refractivity (Wildman–Crippen MR) is 54.6 cm³/mol. The van der Waals surface area contributed by atoms with Crippen LogP contribution < -0.4 is 0 Å². The molecule has 0 radical (unpaired) electrons. The maximum absolute atomic E-state index is 8.69. The SMILES string of the molecule is C1=COC=CO1.CC(O)COC(C)CO. The Morgan fingerprint density at radius 3 is 1.87 bits per heavy atom. The highest BCUT2D eigenvalue weighted by atomic mass is 16.5. The van der Waals surface area contributed by atoms with E-state index in [4.69, 9.17) is 14.9 Å². The Hall–Kier alpha value is -1.04. The summed E-state index contributed by atoms with van der Waals surface area (Å²) < 4.78 is 14.1. The van der Waals surface area contributed by atoms with Crippen molar-refractivity contribution in [3.8, 4) is 0 Å². The molecule has 0 saturated heterocycles. The third-order valence-corrected chi connectivity index (χ3v) is 1.30. The first-order valence-electron chi connectivity index (χ1n) is 4.68. The van der Waals surface area contributed by atoms with Gasteiger partial charge >= 0.3 is 0 Å². The molecule has 2 atom stereocenters. The highest BCUT2D eigenvalue weighted by Gasteiger charge is 2.00. The lowest BCUT2D eigenvalue weighted by Crippen LogP contribution is -2.19. The van der Waals surface area contributed by atoms with Crippen molar-refractivity contribution in [3.05, 3.63) is 25.0 Å². The molecule has 5 nitrogen and oxygen atoms in total. The number of ether oxygens (including phenoxy) is 3. The van der Waals surface area contributed by atoms with E-state index in [0.717, 1.165) is 0 Å². The molecule has 0 fully saturated rings. The van der Waals surface area contributed by atoms with Crippen molar-refractivity contribution in [2.75, 3.05) is 13.2 Å². The summed E-state index contributed by atoms with van der Waals surface area (Å²) in [7, 11) is 0. The summed E-state index contributed by atoms with van der Waals surface area (Å²) in [6.07, 6.45) is 5.22. The van der Waals surface area contributed by atoms with E-state index in [1.54, 1.807) is 13.8 Å². The predicted octanol–water partition coefficient (Wildman–Crippen LogP) is 0.740. The van der Waals surface area contributed by atoms with Gasteiger partial charge in [0.1, 0.15) is 25.0 Å². The molecular formula is C10H18O5. The van der Waals surface area contributed by atoms with Crippen molar-refractivity contribution >= 4 is 0 Å². The van der Waals surface area contributed by atoms with Crippen molar-refractivity contribution in [1.29, 1.82) is 0 Å². The Bertz CT molecular complexity index is 168. The van der Waals surface area contributed by atoms with Crippen LogP contribution in [-0.2, 0) is 14.2 Å². The van der Waals surface area contributed by atoms with Gasteiger partial charge in [0, 0.05) is 0 Å². The summed E-state index contributed by atoms with van der Waals surface area (Å²) in [5.41, 5.74) is 0. The molecule has 0 aromatic carbocycles. The highest BCUT2D eigenvalue weighted by Crippen LogP contribution is 1.90. The van der Waals surface area contributed by atoms with Gasteiger partial charge in [0.05, 0.1) is 25.4 Å². The lowest BCUT2D eigenvalue weighted by molar-refractivity contribution is -0.0177. The van der Waals surface area contributed by atoms with Gasteiger partial charge in [-0.1, -0.05) is 0 Å². The summed E-state index contributed by atoms with van der Waals surface area (Å²) in [4.78, 5) is 0. The molecule has 15 heavy (non-hydrogen) atoms. The second-order valence-corrected chi connectivity index (χ2v) is 2.99. The smallest absolute Gasteiger partial charge is 0.125 e. The van der Waals surface area contributed by atoms with Gasteiger partial charge in [-0.05, 0) is 13.8 Å². The summed E-state index contributed by atoms with van der Waals surface area (Å²) in [6, 6.07) is 0. The Balaban J connectivity index is 0.000000280. The molecule has 2 unspecified atom stereocenters. The summed E-state index contributed by atoms with van der Waals surface area (Å²) in [6.45, 7) is 3.70. The summed E-state index contributed by atoms with van der Waals surface area (Å²) >= 11 is 0. The van der Waals surface area contributed by atoms with Crippen LogP contribution in [-0.4, -0.2) is 35.6 Å². The second-order valence-electron chi connectivity index (χ2n) is 2.99. The van der Waals surface area contributed by atoms with Crippen molar-refractivity contribution in [2.24, 2.45) is 0 Å². The van der Waals surface area contributed by atoms with Crippen LogP contribution in [0.15, 0.2) is 25.0 Å². The average molecular weight is 218 g/mol. The number of hydrogen-bond acceptors (Lipinski definition) is 5. The van der Waals surface area contributed by atoms with E-state index in [1.165, 1.54) is 25.0 Å². The third kappa shape index (κ3) is 10.9. The van der Waals surface area contributed by atoms with Crippen LogP contribution in [0.5, 0.6) is 0 Å². The first kappa shape index (κ1) is 14.0. The van der Waals surface area contributed by atoms with Gasteiger partial charge in [0.25, 0.3) is 0 Å². The summed E-state index contributed by atoms with van der Waals surface area (Å²) in [5, 5.41) is 17.1. The van der Waals surface area contributed by atoms with Gasteiger partial charge in [-0.15, -0.1) is 0 Å². The Morgan fingerprint density at radius 1 is 1.13 bits per heavy atom. The molecule has 0 aliphatic carbocycles. The van der Waals surface area contributed by atoms with Crippen LogP contribution in [0.3, 0.4) is 0 Å². The molecular weight excluding hydrogens is 200 g/mol. The average Bonchev–Trinajstić information content (AvgIpc) is 2.29. The van der Waals surface area contributed by atoms with Crippen LogP contribution in [0.2, 0.25) is 0 Å². The van der Waals surface area contributed by atoms with E-state index in [0.29, 0.717) is 6.61 Å². The molecule has 0 bridgehead atoms. The standard InChI is InChI=1S/C6H14O3.C4H4O2/c1-5(8)4-9-6(2)3-7;1-2-6-4-3-5-1/h5-8H,3-4H2,1-2H3;1-4H. The monoisotopic (exact) mass is 218 g/mol. The molecule has 0 saturated carbocycles. The van der Waals surface area contributed by atoms with Crippen LogP contribution in [0.1, 0.15) is 13.8 Å². The van der Waals surface area contributed by atoms with Crippen molar-refractivity contribution < 1.29 is 24.4 Å². The Morgan fingerprint density at radius 2 is 1.60 bits per heavy atom. The molecule has 2 N–H and O–H groups in total. The normalized spacial score (nSPS) is 16.8. The quantitative estimate of drug-likeness (QED) is 0.728. The molecule has 0 amide bonds. The van der Waals surface area contributed by atoms with Gasteiger partial charge in [0.2, 0.25) is 0 Å². The first-order chi connectivity index (χ1) is 7.16. The van der Waals surface area contributed by atoms with E-state index in [-0.39, 0.29) is 12.7 Å². The zero-order valence-corrected chi connectivity index (χ0v) is 9.00. The first-order valence-corrected chi connectivity index (χ1v) is 4.68. The van der Waals surface area contributed by atoms with E-state index in [9.17, 15) is 0 Å². The minimum Gasteiger partial charge on any atom is -0.466 e. The minimum atomic E-state index is -0.445. The van der Waals surface area contributed by atoms with Gasteiger partial charge < -0.3 is 24.4 Å². The molecule has 5 heteroatoms. The molecule has 0 spiro atoms. The molecule has 1 aliphatic heterocycles. The number of aliphatic hydroxyl groups excluding tert-OH is 2. The largest absolute Gasteiger partial charge is 0.466 e. The van der Waals surface area contributed by atoms with Gasteiger partial charge in [-0.25, -0.2) is 0 Å². The maximum Gasteiger partial charge on any atom is 0.125 e. The molecule has 1 aliphatic rings. The number of hydrogen-bond donors (Lipinski definition) is 2. The topological polar surface area (TPSA) is 68.2 Å². The molecule has 88 valence electrons. The minimum absolute atomic E-state index is 0.00667. The fraction of sp³-hybridized carbons (Fsp3) is 0.600. The van der Waals surface area contributed by atoms with Crippen molar-refractivity contribution in [2.45, 2.75) is 26.1 Å².